The second-order valence-electron chi connectivity index (χ2n) is 5.44. The van der Waals surface area contributed by atoms with Crippen molar-refractivity contribution in [2.24, 2.45) is 0 Å². The van der Waals surface area contributed by atoms with Crippen LogP contribution in [0.4, 0.5) is 0 Å². The molecule has 1 unspecified atom stereocenters. The SMILES string of the molecule is OC(COCc1ccc(Cl)cc1)Cn1ccnc1-c1cccnc1. The van der Waals surface area contributed by atoms with Gasteiger partial charge < -0.3 is 14.4 Å². The first-order chi connectivity index (χ1) is 11.7. The molecule has 24 heavy (non-hydrogen) atoms. The van der Waals surface area contributed by atoms with Crippen LogP contribution in [-0.2, 0) is 17.9 Å². The van der Waals surface area contributed by atoms with Gasteiger partial charge >= 0.3 is 0 Å². The van der Waals surface area contributed by atoms with Crippen molar-refractivity contribution in [3.8, 4) is 11.4 Å². The Morgan fingerprint density at radius 1 is 1.17 bits per heavy atom. The summed E-state index contributed by atoms with van der Waals surface area (Å²) >= 11 is 5.85. The number of aliphatic hydroxyl groups excluding tert-OH is 1. The molecule has 3 aromatic rings. The Balaban J connectivity index is 1.53. The van der Waals surface area contributed by atoms with Crippen LogP contribution in [0.2, 0.25) is 5.02 Å². The standard InChI is InChI=1S/C18H18ClN3O2/c19-16-5-3-14(4-6-16)12-24-13-17(23)11-22-9-8-21-18(22)15-2-1-7-20-10-15/h1-10,17,23H,11-13H2. The van der Waals surface area contributed by atoms with Crippen LogP contribution < -0.4 is 0 Å². The average molecular weight is 344 g/mol. The molecule has 0 bridgehead atoms. The van der Waals surface area contributed by atoms with E-state index in [1.165, 1.54) is 0 Å². The van der Waals surface area contributed by atoms with Crippen LogP contribution in [0.1, 0.15) is 5.56 Å². The van der Waals surface area contributed by atoms with Gasteiger partial charge in [-0.25, -0.2) is 4.98 Å². The molecule has 5 nitrogen and oxygen atoms in total. The maximum Gasteiger partial charge on any atom is 0.141 e. The molecular weight excluding hydrogens is 326 g/mol. The van der Waals surface area contributed by atoms with E-state index < -0.39 is 6.10 Å². The number of hydrogen-bond donors (Lipinski definition) is 1. The van der Waals surface area contributed by atoms with E-state index in [0.29, 0.717) is 18.2 Å². The van der Waals surface area contributed by atoms with Gasteiger partial charge in [-0.15, -0.1) is 0 Å². The number of halogens is 1. The normalized spacial score (nSPS) is 12.2. The van der Waals surface area contributed by atoms with E-state index in [9.17, 15) is 5.11 Å². The van der Waals surface area contributed by atoms with Crippen LogP contribution >= 0.6 is 11.6 Å². The minimum absolute atomic E-state index is 0.243. The molecule has 0 amide bonds. The van der Waals surface area contributed by atoms with Gasteiger partial charge in [-0.05, 0) is 29.8 Å². The number of hydrogen-bond acceptors (Lipinski definition) is 4. The van der Waals surface area contributed by atoms with Gasteiger partial charge in [0.15, 0.2) is 0 Å². The number of ether oxygens (including phenoxy) is 1. The van der Waals surface area contributed by atoms with E-state index in [1.807, 2.05) is 47.2 Å². The van der Waals surface area contributed by atoms with E-state index in [1.54, 1.807) is 18.6 Å². The summed E-state index contributed by atoms with van der Waals surface area (Å²) in [5.74, 6) is 0.778. The highest BCUT2D eigenvalue weighted by atomic mass is 35.5. The number of rotatable bonds is 7. The predicted molar refractivity (Wildman–Crippen MR) is 92.6 cm³/mol. The lowest BCUT2D eigenvalue weighted by molar-refractivity contribution is 0.0206. The number of aromatic nitrogens is 3. The third kappa shape index (κ3) is 4.41. The summed E-state index contributed by atoms with van der Waals surface area (Å²) in [5.41, 5.74) is 1.93. The molecule has 0 saturated carbocycles. The fourth-order valence-electron chi connectivity index (χ4n) is 2.39. The molecule has 1 atom stereocenters. The average Bonchev–Trinajstić information content (AvgIpc) is 3.05. The van der Waals surface area contributed by atoms with Crippen LogP contribution in [-0.4, -0.2) is 32.4 Å². The summed E-state index contributed by atoms with van der Waals surface area (Å²) in [5, 5.41) is 10.9. The molecule has 2 aromatic heterocycles. The molecule has 6 heteroatoms. The Kier molecular flexibility index (Phi) is 5.59. The van der Waals surface area contributed by atoms with Crippen molar-refractivity contribution in [2.45, 2.75) is 19.3 Å². The summed E-state index contributed by atoms with van der Waals surface area (Å²) in [6.07, 6.45) is 6.40. The second-order valence-corrected chi connectivity index (χ2v) is 5.88. The molecule has 3 rings (SSSR count). The van der Waals surface area contributed by atoms with Gasteiger partial charge in [0, 0.05) is 35.4 Å². The molecule has 1 aromatic carbocycles. The van der Waals surface area contributed by atoms with Crippen molar-refractivity contribution in [3.63, 3.8) is 0 Å². The van der Waals surface area contributed by atoms with Crippen LogP contribution in [0.25, 0.3) is 11.4 Å². The molecule has 0 spiro atoms. The molecule has 0 aliphatic rings. The fourth-order valence-corrected chi connectivity index (χ4v) is 2.51. The van der Waals surface area contributed by atoms with Crippen molar-refractivity contribution >= 4 is 11.6 Å². The van der Waals surface area contributed by atoms with Crippen LogP contribution in [0.5, 0.6) is 0 Å². The highest BCUT2D eigenvalue weighted by molar-refractivity contribution is 6.30. The zero-order valence-corrected chi connectivity index (χ0v) is 13.8. The highest BCUT2D eigenvalue weighted by Crippen LogP contribution is 2.16. The lowest BCUT2D eigenvalue weighted by atomic mass is 10.2. The summed E-state index contributed by atoms with van der Waals surface area (Å²) in [7, 11) is 0. The third-order valence-corrected chi connectivity index (χ3v) is 3.79. The number of imidazole rings is 1. The highest BCUT2D eigenvalue weighted by Gasteiger charge is 2.11. The van der Waals surface area contributed by atoms with Crippen molar-refractivity contribution in [2.75, 3.05) is 6.61 Å². The van der Waals surface area contributed by atoms with Crippen LogP contribution in [0, 0.1) is 0 Å². The molecule has 0 aliphatic carbocycles. The molecule has 0 radical (unpaired) electrons. The van der Waals surface area contributed by atoms with Crippen molar-refractivity contribution in [1.29, 1.82) is 0 Å². The van der Waals surface area contributed by atoms with E-state index >= 15 is 0 Å². The monoisotopic (exact) mass is 343 g/mol. The lowest BCUT2D eigenvalue weighted by Gasteiger charge is -2.14. The van der Waals surface area contributed by atoms with E-state index in [0.717, 1.165) is 17.0 Å². The molecular formula is C18H18ClN3O2. The van der Waals surface area contributed by atoms with Gasteiger partial charge in [-0.1, -0.05) is 23.7 Å². The zero-order valence-electron chi connectivity index (χ0n) is 13.0. The van der Waals surface area contributed by atoms with Crippen molar-refractivity contribution in [1.82, 2.24) is 14.5 Å². The van der Waals surface area contributed by atoms with Gasteiger partial charge in [-0.2, -0.15) is 0 Å². The Morgan fingerprint density at radius 3 is 2.75 bits per heavy atom. The fraction of sp³-hybridized carbons (Fsp3) is 0.222. The molecule has 124 valence electrons. The van der Waals surface area contributed by atoms with Crippen LogP contribution in [0.3, 0.4) is 0 Å². The topological polar surface area (TPSA) is 60.2 Å². The largest absolute Gasteiger partial charge is 0.389 e. The van der Waals surface area contributed by atoms with Gasteiger partial charge in [0.1, 0.15) is 5.82 Å². The summed E-state index contributed by atoms with van der Waals surface area (Å²) in [6.45, 7) is 1.09. The first-order valence-corrected chi connectivity index (χ1v) is 8.02. The maximum atomic E-state index is 10.2. The quantitative estimate of drug-likeness (QED) is 0.715. The Labute approximate surface area is 145 Å². The predicted octanol–water partition coefficient (Wildman–Crippen LogP) is 3.18. The third-order valence-electron chi connectivity index (χ3n) is 3.53. The number of aliphatic hydroxyl groups is 1. The Morgan fingerprint density at radius 2 is 2.00 bits per heavy atom. The molecule has 2 heterocycles. The van der Waals surface area contributed by atoms with Gasteiger partial charge in [0.2, 0.25) is 0 Å². The number of nitrogens with zero attached hydrogens (tertiary/aromatic N) is 3. The van der Waals surface area contributed by atoms with E-state index in [2.05, 4.69) is 9.97 Å². The smallest absolute Gasteiger partial charge is 0.141 e. The van der Waals surface area contributed by atoms with Gasteiger partial charge in [-0.3, -0.25) is 4.98 Å². The number of pyridine rings is 1. The molecule has 0 saturated heterocycles. The lowest BCUT2D eigenvalue weighted by Crippen LogP contribution is -2.22. The summed E-state index contributed by atoms with van der Waals surface area (Å²) in [4.78, 5) is 8.43. The first-order valence-electron chi connectivity index (χ1n) is 7.64. The van der Waals surface area contributed by atoms with Crippen LogP contribution in [0.15, 0.2) is 61.2 Å². The molecule has 0 aliphatic heterocycles. The molecule has 1 N–H and O–H groups in total. The van der Waals surface area contributed by atoms with Crippen molar-refractivity contribution in [3.05, 3.63) is 71.8 Å². The van der Waals surface area contributed by atoms with E-state index in [-0.39, 0.29) is 6.61 Å². The summed E-state index contributed by atoms with van der Waals surface area (Å²) < 4.78 is 7.47. The van der Waals surface area contributed by atoms with E-state index in [4.69, 9.17) is 16.3 Å². The second kappa shape index (κ2) is 8.06. The summed E-state index contributed by atoms with van der Waals surface area (Å²) in [6, 6.07) is 11.3. The Hall–Kier alpha value is -2.21. The minimum Gasteiger partial charge on any atom is -0.389 e. The van der Waals surface area contributed by atoms with Gasteiger partial charge in [0.25, 0.3) is 0 Å². The first kappa shape index (κ1) is 16.6. The Bertz CT molecular complexity index is 759. The van der Waals surface area contributed by atoms with Gasteiger partial charge in [0.05, 0.1) is 25.9 Å². The zero-order chi connectivity index (χ0) is 16.8. The molecule has 0 fully saturated rings. The minimum atomic E-state index is -0.623. The number of benzene rings is 1. The maximum absolute atomic E-state index is 10.2. The van der Waals surface area contributed by atoms with Crippen molar-refractivity contribution < 1.29 is 9.84 Å².